The molecular formula is C32H39N3O6. The molecule has 2 N–H and O–H groups in total. The molecule has 2 aromatic rings. The van der Waals surface area contributed by atoms with E-state index in [2.05, 4.69) is 0 Å². The number of aliphatic hydroxyl groups excluding tert-OH is 1. The lowest BCUT2D eigenvalue weighted by Crippen LogP contribution is -2.56. The van der Waals surface area contributed by atoms with Crippen molar-refractivity contribution < 1.29 is 29.3 Å². The van der Waals surface area contributed by atoms with Gasteiger partial charge in [0.1, 0.15) is 0 Å². The van der Waals surface area contributed by atoms with Gasteiger partial charge in [0.2, 0.25) is 0 Å². The Bertz CT molecular complexity index is 1360. The van der Waals surface area contributed by atoms with Crippen LogP contribution in [0, 0.1) is 0 Å². The van der Waals surface area contributed by atoms with Gasteiger partial charge in [0.25, 0.3) is 11.8 Å². The highest BCUT2D eigenvalue weighted by molar-refractivity contribution is 6.00. The molecule has 2 unspecified atom stereocenters. The molecule has 0 aliphatic carbocycles. The number of carboxylic acid groups (broad SMARTS) is 1. The summed E-state index contributed by atoms with van der Waals surface area (Å²) >= 11 is 0. The van der Waals surface area contributed by atoms with Gasteiger partial charge >= 0.3 is 6.09 Å². The SMILES string of the molecule is COC1C[C@H]2CC[C@@H](C1)N2C(=O)c1ccc2c(c1)C(C)(C)CN(C[C@H](O)C1Cc3ccccc3CN1C(=O)O)C2=O. The van der Waals surface area contributed by atoms with Gasteiger partial charge in [-0.3, -0.25) is 14.5 Å². The largest absolute Gasteiger partial charge is 0.465 e. The number of aliphatic hydroxyl groups is 1. The lowest BCUT2D eigenvalue weighted by molar-refractivity contribution is 0.00808. The monoisotopic (exact) mass is 561 g/mol. The number of hydrogen-bond donors (Lipinski definition) is 2. The number of benzene rings is 2. The van der Waals surface area contributed by atoms with E-state index < -0.39 is 23.7 Å². The summed E-state index contributed by atoms with van der Waals surface area (Å²) in [5, 5.41) is 21.2. The van der Waals surface area contributed by atoms with Crippen LogP contribution in [0.3, 0.4) is 0 Å². The van der Waals surface area contributed by atoms with Gasteiger partial charge in [-0.2, -0.15) is 0 Å². The highest BCUT2D eigenvalue weighted by Crippen LogP contribution is 2.39. The molecule has 4 aliphatic heterocycles. The molecule has 2 aromatic carbocycles. The molecule has 9 nitrogen and oxygen atoms in total. The van der Waals surface area contributed by atoms with Crippen molar-refractivity contribution >= 4 is 17.9 Å². The number of amides is 3. The Kier molecular flexibility index (Phi) is 7.06. The van der Waals surface area contributed by atoms with Crippen LogP contribution < -0.4 is 0 Å². The number of carbonyl (C=O) groups is 3. The summed E-state index contributed by atoms with van der Waals surface area (Å²) in [6.07, 6.45) is 2.16. The summed E-state index contributed by atoms with van der Waals surface area (Å²) in [5.41, 5.74) is 3.44. The van der Waals surface area contributed by atoms with Gasteiger partial charge in [-0.1, -0.05) is 38.1 Å². The Balaban J connectivity index is 1.21. The zero-order valence-corrected chi connectivity index (χ0v) is 24.0. The second-order valence-electron chi connectivity index (χ2n) is 12.8. The first-order valence-corrected chi connectivity index (χ1v) is 14.6. The molecule has 4 heterocycles. The first-order chi connectivity index (χ1) is 19.6. The van der Waals surface area contributed by atoms with Crippen molar-refractivity contribution in [3.8, 4) is 0 Å². The lowest BCUT2D eigenvalue weighted by Gasteiger charge is -2.43. The summed E-state index contributed by atoms with van der Waals surface area (Å²) in [4.78, 5) is 44.4. The van der Waals surface area contributed by atoms with Crippen molar-refractivity contribution in [1.82, 2.24) is 14.7 Å². The Hall–Kier alpha value is -3.43. The standard InChI is InChI=1S/C32H39N3O6/c1-32(2)18-33(17-28(36)27-13-19-6-4-5-7-21(19)16-34(27)31(39)40)30(38)25-11-8-20(12-26(25)32)29(37)35-22-9-10-23(35)15-24(14-22)41-3/h4-8,11-12,22-24,27-28,36H,9-10,13-18H2,1-3H3,(H,39,40)/t22-,23+,24?,27?,28-/m0/s1. The van der Waals surface area contributed by atoms with Gasteiger partial charge < -0.3 is 24.7 Å². The third kappa shape index (κ3) is 4.89. The van der Waals surface area contributed by atoms with Crippen LogP contribution >= 0.6 is 0 Å². The maximum Gasteiger partial charge on any atom is 0.407 e. The summed E-state index contributed by atoms with van der Waals surface area (Å²) in [7, 11) is 1.74. The van der Waals surface area contributed by atoms with Crippen molar-refractivity contribution in [2.24, 2.45) is 0 Å². The number of nitrogens with zero attached hydrogens (tertiary/aromatic N) is 3. The molecule has 0 saturated carbocycles. The van der Waals surface area contributed by atoms with E-state index in [-0.39, 0.29) is 43.1 Å². The van der Waals surface area contributed by atoms with Gasteiger partial charge in [-0.05, 0) is 67.0 Å². The van der Waals surface area contributed by atoms with Crippen LogP contribution in [0.2, 0.25) is 0 Å². The van der Waals surface area contributed by atoms with Crippen LogP contribution in [0.15, 0.2) is 42.5 Å². The van der Waals surface area contributed by atoms with E-state index in [1.54, 1.807) is 24.1 Å². The normalized spacial score (nSPS) is 27.3. The Labute approximate surface area is 240 Å². The van der Waals surface area contributed by atoms with E-state index in [0.29, 0.717) is 24.1 Å². The minimum Gasteiger partial charge on any atom is -0.465 e. The van der Waals surface area contributed by atoms with Gasteiger partial charge in [0.05, 0.1) is 18.2 Å². The van der Waals surface area contributed by atoms with Crippen LogP contribution in [0.5, 0.6) is 0 Å². The Morgan fingerprint density at radius 1 is 1.07 bits per heavy atom. The van der Waals surface area contributed by atoms with E-state index in [1.165, 1.54) is 4.90 Å². The average Bonchev–Trinajstić information content (AvgIpc) is 3.22. The molecule has 41 heavy (non-hydrogen) atoms. The summed E-state index contributed by atoms with van der Waals surface area (Å²) in [6.45, 7) is 4.67. The van der Waals surface area contributed by atoms with Crippen LogP contribution in [0.25, 0.3) is 0 Å². The number of methoxy groups -OCH3 is 1. The number of fused-ring (bicyclic) bond motifs is 4. The van der Waals surface area contributed by atoms with Gasteiger partial charge in [0, 0.05) is 55.4 Å². The molecule has 3 amide bonds. The molecule has 5 atom stereocenters. The van der Waals surface area contributed by atoms with Crippen LogP contribution in [-0.4, -0.2) is 93.4 Å². The van der Waals surface area contributed by atoms with E-state index in [9.17, 15) is 24.6 Å². The third-order valence-corrected chi connectivity index (χ3v) is 9.74. The van der Waals surface area contributed by atoms with Crippen LogP contribution in [-0.2, 0) is 23.1 Å². The number of ether oxygens (including phenoxy) is 1. The molecule has 218 valence electrons. The molecule has 0 radical (unpaired) electrons. The topological polar surface area (TPSA) is 111 Å². The van der Waals surface area contributed by atoms with Gasteiger partial charge in [0.15, 0.2) is 0 Å². The zero-order chi connectivity index (χ0) is 29.1. The first-order valence-electron chi connectivity index (χ1n) is 14.6. The summed E-state index contributed by atoms with van der Waals surface area (Å²) < 4.78 is 5.60. The quantitative estimate of drug-likeness (QED) is 0.577. The van der Waals surface area contributed by atoms with Crippen LogP contribution in [0.4, 0.5) is 4.79 Å². The molecule has 2 fully saturated rings. The lowest BCUT2D eigenvalue weighted by atomic mass is 9.77. The van der Waals surface area contributed by atoms with E-state index in [0.717, 1.165) is 42.4 Å². The molecule has 0 aromatic heterocycles. The predicted octanol–water partition coefficient (Wildman–Crippen LogP) is 3.67. The van der Waals surface area contributed by atoms with Gasteiger partial charge in [-0.25, -0.2) is 4.79 Å². The smallest absolute Gasteiger partial charge is 0.407 e. The van der Waals surface area contributed by atoms with Crippen molar-refractivity contribution in [1.29, 1.82) is 0 Å². The fourth-order valence-electron chi connectivity index (χ4n) is 7.62. The number of hydrogen-bond acceptors (Lipinski definition) is 5. The summed E-state index contributed by atoms with van der Waals surface area (Å²) in [5.74, 6) is -0.196. The van der Waals surface area contributed by atoms with Crippen molar-refractivity contribution in [2.45, 2.75) is 88.2 Å². The zero-order valence-electron chi connectivity index (χ0n) is 24.0. The number of β-amino-alcohol motifs (C(OH)–C–C–N with tert-alkyl or cyclic N) is 1. The van der Waals surface area contributed by atoms with Crippen molar-refractivity contribution in [3.63, 3.8) is 0 Å². The molecule has 2 saturated heterocycles. The average molecular weight is 562 g/mol. The maximum atomic E-state index is 13.7. The van der Waals surface area contributed by atoms with Gasteiger partial charge in [-0.15, -0.1) is 0 Å². The third-order valence-electron chi connectivity index (χ3n) is 9.74. The number of carbonyl (C=O) groups excluding carboxylic acids is 2. The molecule has 9 heteroatoms. The summed E-state index contributed by atoms with van der Waals surface area (Å²) in [6, 6.07) is 12.8. The van der Waals surface area contributed by atoms with Crippen LogP contribution in [0.1, 0.15) is 76.9 Å². The second kappa shape index (κ2) is 10.4. The molecular weight excluding hydrogens is 522 g/mol. The molecule has 4 aliphatic rings. The number of piperidine rings is 1. The highest BCUT2D eigenvalue weighted by atomic mass is 16.5. The van der Waals surface area contributed by atoms with E-state index in [1.807, 2.05) is 49.1 Å². The molecule has 6 rings (SSSR count). The second-order valence-corrected chi connectivity index (χ2v) is 12.8. The predicted molar refractivity (Wildman–Crippen MR) is 152 cm³/mol. The number of rotatable bonds is 5. The van der Waals surface area contributed by atoms with Crippen molar-refractivity contribution in [2.75, 3.05) is 20.2 Å². The Morgan fingerprint density at radius 2 is 1.76 bits per heavy atom. The van der Waals surface area contributed by atoms with E-state index in [4.69, 9.17) is 4.74 Å². The first kappa shape index (κ1) is 27.7. The van der Waals surface area contributed by atoms with E-state index >= 15 is 0 Å². The van der Waals surface area contributed by atoms with Crippen molar-refractivity contribution in [3.05, 3.63) is 70.3 Å². The fraction of sp³-hybridized carbons (Fsp3) is 0.531. The minimum absolute atomic E-state index is 0.0160. The Morgan fingerprint density at radius 3 is 2.41 bits per heavy atom. The maximum absolute atomic E-state index is 13.7. The highest BCUT2D eigenvalue weighted by Gasteiger charge is 2.45. The molecule has 0 spiro atoms. The minimum atomic E-state index is -1.09. The fourth-order valence-corrected chi connectivity index (χ4v) is 7.62. The molecule has 2 bridgehead atoms.